The third kappa shape index (κ3) is 3.34. The average Bonchev–Trinajstić information content (AvgIpc) is 2.50. The Balaban J connectivity index is 2.51. The van der Waals surface area contributed by atoms with E-state index in [-0.39, 0.29) is 11.9 Å². The van der Waals surface area contributed by atoms with Crippen molar-refractivity contribution in [1.82, 2.24) is 15.2 Å². The van der Waals surface area contributed by atoms with Crippen LogP contribution in [0, 0.1) is 17.7 Å². The standard InChI is InChI=1S/C9H16N6/c1-6-3-7(4-13-6)5-15(2)9(12)14-8(10)11/h3-4,13H,5H2,1-2H3,(H5,10,11,12,14). The van der Waals surface area contributed by atoms with Gasteiger partial charge in [0.15, 0.2) is 11.9 Å². The normalized spacial score (nSPS) is 9.73. The fourth-order valence-electron chi connectivity index (χ4n) is 1.24. The van der Waals surface area contributed by atoms with Gasteiger partial charge in [0, 0.05) is 25.5 Å². The Bertz CT molecular complexity index is 366. The Morgan fingerprint density at radius 2 is 2.27 bits per heavy atom. The molecule has 0 amide bonds. The quantitative estimate of drug-likeness (QED) is 0.353. The van der Waals surface area contributed by atoms with Gasteiger partial charge in [0.1, 0.15) is 0 Å². The summed E-state index contributed by atoms with van der Waals surface area (Å²) in [4.78, 5) is 4.74. The number of aromatic amines is 1. The number of hydrogen-bond acceptors (Lipinski definition) is 2. The summed E-state index contributed by atoms with van der Waals surface area (Å²) in [7, 11) is 1.76. The molecular formula is C9H16N6. The monoisotopic (exact) mass is 208 g/mol. The lowest BCUT2D eigenvalue weighted by atomic mass is 10.3. The molecule has 1 rings (SSSR count). The number of hydrogen-bond donors (Lipinski definition) is 5. The lowest BCUT2D eigenvalue weighted by Gasteiger charge is -2.19. The topological polar surface area (TPSA) is 105 Å². The maximum absolute atomic E-state index is 7.56. The number of nitrogens with one attached hydrogen (secondary N) is 4. The summed E-state index contributed by atoms with van der Waals surface area (Å²) in [5.74, 6) is -0.113. The summed E-state index contributed by atoms with van der Waals surface area (Å²) in [5.41, 5.74) is 7.30. The molecule has 0 atom stereocenters. The second-order valence-corrected chi connectivity index (χ2v) is 3.43. The van der Waals surface area contributed by atoms with E-state index < -0.39 is 0 Å². The Labute approximate surface area is 88.5 Å². The predicted octanol–water partition coefficient (Wildman–Crippen LogP) is 0.173. The van der Waals surface area contributed by atoms with E-state index in [1.54, 1.807) is 11.9 Å². The second kappa shape index (κ2) is 4.50. The largest absolute Gasteiger partial charge is 0.370 e. The molecule has 6 N–H and O–H groups in total. The van der Waals surface area contributed by atoms with Crippen LogP contribution in [0.25, 0.3) is 0 Å². The average molecular weight is 208 g/mol. The zero-order valence-electron chi connectivity index (χ0n) is 8.89. The number of aryl methyl sites for hydroxylation is 1. The molecule has 0 fully saturated rings. The summed E-state index contributed by atoms with van der Waals surface area (Å²) in [6.45, 7) is 2.58. The molecule has 0 spiro atoms. The van der Waals surface area contributed by atoms with Crippen molar-refractivity contribution in [1.29, 1.82) is 10.8 Å². The smallest absolute Gasteiger partial charge is 0.197 e. The van der Waals surface area contributed by atoms with Crippen LogP contribution in [-0.2, 0) is 6.54 Å². The lowest BCUT2D eigenvalue weighted by molar-refractivity contribution is 0.485. The Morgan fingerprint density at radius 3 is 2.73 bits per heavy atom. The predicted molar refractivity (Wildman–Crippen MR) is 59.8 cm³/mol. The molecule has 0 radical (unpaired) electrons. The highest BCUT2D eigenvalue weighted by Crippen LogP contribution is 2.04. The van der Waals surface area contributed by atoms with Gasteiger partial charge in [-0.3, -0.25) is 16.1 Å². The molecule has 6 nitrogen and oxygen atoms in total. The van der Waals surface area contributed by atoms with Crippen LogP contribution in [0.15, 0.2) is 12.3 Å². The van der Waals surface area contributed by atoms with E-state index in [1.165, 1.54) is 0 Å². The van der Waals surface area contributed by atoms with E-state index in [1.807, 2.05) is 19.2 Å². The van der Waals surface area contributed by atoms with Crippen LogP contribution in [0.1, 0.15) is 11.3 Å². The maximum Gasteiger partial charge on any atom is 0.197 e. The van der Waals surface area contributed by atoms with Gasteiger partial charge < -0.3 is 15.6 Å². The molecule has 0 aliphatic carbocycles. The van der Waals surface area contributed by atoms with Crippen LogP contribution in [0.4, 0.5) is 0 Å². The van der Waals surface area contributed by atoms with Crippen LogP contribution >= 0.6 is 0 Å². The molecule has 1 aromatic rings. The van der Waals surface area contributed by atoms with E-state index in [9.17, 15) is 0 Å². The first-order valence-electron chi connectivity index (χ1n) is 4.53. The molecule has 1 heterocycles. The van der Waals surface area contributed by atoms with Gasteiger partial charge in [-0.25, -0.2) is 0 Å². The zero-order valence-corrected chi connectivity index (χ0v) is 8.89. The molecule has 0 saturated heterocycles. The van der Waals surface area contributed by atoms with E-state index in [0.717, 1.165) is 11.3 Å². The van der Waals surface area contributed by atoms with Crippen molar-refractivity contribution >= 4 is 11.9 Å². The molecule has 0 saturated carbocycles. The van der Waals surface area contributed by atoms with Crippen LogP contribution in [0.3, 0.4) is 0 Å². The van der Waals surface area contributed by atoms with Crippen molar-refractivity contribution in [2.24, 2.45) is 5.73 Å². The number of aromatic nitrogens is 1. The summed E-state index contributed by atoms with van der Waals surface area (Å²) in [5, 5.41) is 17.0. The third-order valence-electron chi connectivity index (χ3n) is 1.94. The van der Waals surface area contributed by atoms with Crippen molar-refractivity contribution in [2.45, 2.75) is 13.5 Å². The van der Waals surface area contributed by atoms with Gasteiger partial charge >= 0.3 is 0 Å². The van der Waals surface area contributed by atoms with Crippen LogP contribution in [0.2, 0.25) is 0 Å². The summed E-state index contributed by atoms with van der Waals surface area (Å²) < 4.78 is 0. The first-order valence-corrected chi connectivity index (χ1v) is 4.53. The van der Waals surface area contributed by atoms with Crippen molar-refractivity contribution in [3.05, 3.63) is 23.5 Å². The van der Waals surface area contributed by atoms with Gasteiger partial charge in [0.2, 0.25) is 0 Å². The molecule has 82 valence electrons. The highest BCUT2D eigenvalue weighted by atomic mass is 15.3. The fourth-order valence-corrected chi connectivity index (χ4v) is 1.24. The minimum atomic E-state index is -0.225. The van der Waals surface area contributed by atoms with Crippen molar-refractivity contribution < 1.29 is 0 Å². The molecule has 6 heteroatoms. The molecule has 15 heavy (non-hydrogen) atoms. The molecule has 0 bridgehead atoms. The molecular weight excluding hydrogens is 192 g/mol. The zero-order chi connectivity index (χ0) is 11.4. The van der Waals surface area contributed by atoms with Crippen LogP contribution in [0.5, 0.6) is 0 Å². The van der Waals surface area contributed by atoms with E-state index >= 15 is 0 Å². The van der Waals surface area contributed by atoms with Gasteiger partial charge in [-0.1, -0.05) is 0 Å². The maximum atomic E-state index is 7.56. The Morgan fingerprint density at radius 1 is 1.60 bits per heavy atom. The highest BCUT2D eigenvalue weighted by molar-refractivity contribution is 5.94. The number of nitrogens with zero attached hydrogens (tertiary/aromatic N) is 1. The first-order chi connectivity index (χ1) is 6.99. The molecule has 1 aromatic heterocycles. The molecule has 0 aliphatic heterocycles. The summed E-state index contributed by atoms with van der Waals surface area (Å²) in [6, 6.07) is 2.01. The first kappa shape index (κ1) is 11.1. The molecule has 0 unspecified atom stereocenters. The minimum Gasteiger partial charge on any atom is -0.370 e. The Hall–Kier alpha value is -1.98. The number of guanidine groups is 2. The van der Waals surface area contributed by atoms with Gasteiger partial charge in [-0.15, -0.1) is 0 Å². The minimum absolute atomic E-state index is 0.112. The highest BCUT2D eigenvalue weighted by Gasteiger charge is 2.06. The number of H-pyrrole nitrogens is 1. The fraction of sp³-hybridized carbons (Fsp3) is 0.333. The summed E-state index contributed by atoms with van der Waals surface area (Å²) >= 11 is 0. The molecule has 0 aliphatic rings. The third-order valence-corrected chi connectivity index (χ3v) is 1.94. The van der Waals surface area contributed by atoms with Crippen molar-refractivity contribution in [3.8, 4) is 0 Å². The SMILES string of the molecule is Cc1cc(CN(C)C(=N)NC(=N)N)c[nH]1. The van der Waals surface area contributed by atoms with Crippen LogP contribution < -0.4 is 11.1 Å². The summed E-state index contributed by atoms with van der Waals surface area (Å²) in [6.07, 6.45) is 1.90. The molecule has 0 aromatic carbocycles. The van der Waals surface area contributed by atoms with E-state index in [2.05, 4.69) is 10.3 Å². The van der Waals surface area contributed by atoms with Gasteiger partial charge in [0.05, 0.1) is 0 Å². The number of rotatable bonds is 2. The second-order valence-electron chi connectivity index (χ2n) is 3.43. The van der Waals surface area contributed by atoms with Gasteiger partial charge in [0.25, 0.3) is 0 Å². The van der Waals surface area contributed by atoms with Gasteiger partial charge in [-0.2, -0.15) is 0 Å². The van der Waals surface area contributed by atoms with Crippen molar-refractivity contribution in [3.63, 3.8) is 0 Å². The Kier molecular flexibility index (Phi) is 3.33. The van der Waals surface area contributed by atoms with E-state index in [0.29, 0.717) is 6.54 Å². The lowest BCUT2D eigenvalue weighted by Crippen LogP contribution is -2.43. The van der Waals surface area contributed by atoms with E-state index in [4.69, 9.17) is 16.6 Å². The van der Waals surface area contributed by atoms with Crippen LogP contribution in [-0.4, -0.2) is 28.9 Å². The van der Waals surface area contributed by atoms with Gasteiger partial charge in [-0.05, 0) is 18.6 Å². The van der Waals surface area contributed by atoms with Crippen molar-refractivity contribution in [2.75, 3.05) is 7.05 Å². The number of nitrogens with two attached hydrogens (primary N) is 1.